The van der Waals surface area contributed by atoms with Crippen LogP contribution in [-0.4, -0.2) is 20.9 Å². The van der Waals surface area contributed by atoms with Crippen molar-refractivity contribution >= 4 is 34.9 Å². The number of amides is 1. The number of rotatable bonds is 2. The first kappa shape index (κ1) is 12.7. The molecule has 18 heavy (non-hydrogen) atoms. The number of hydrogen-bond donors (Lipinski definition) is 1. The monoisotopic (exact) mass is 286 g/mol. The fourth-order valence-corrected chi connectivity index (χ4v) is 1.40. The Bertz CT molecular complexity index is 591. The van der Waals surface area contributed by atoms with Crippen LogP contribution < -0.4 is 5.32 Å². The molecule has 2 rings (SSSR count). The Morgan fingerprint density at radius 2 is 2.00 bits per heavy atom. The average Bonchev–Trinajstić information content (AvgIpc) is 2.36. The van der Waals surface area contributed by atoms with Gasteiger partial charge in [0.1, 0.15) is 11.3 Å². The third-order valence-electron chi connectivity index (χ3n) is 1.97. The van der Waals surface area contributed by atoms with E-state index in [0.717, 1.165) is 18.6 Å². The Hall–Kier alpha value is -1.79. The van der Waals surface area contributed by atoms with Gasteiger partial charge in [-0.15, -0.1) is 0 Å². The highest BCUT2D eigenvalue weighted by Crippen LogP contribution is 2.25. The first-order valence-corrected chi connectivity index (χ1v) is 5.42. The van der Waals surface area contributed by atoms with Crippen LogP contribution in [0, 0.1) is 5.95 Å². The summed E-state index contributed by atoms with van der Waals surface area (Å²) in [4.78, 5) is 22.5. The maximum atomic E-state index is 12.6. The molecule has 0 bridgehead atoms. The third kappa shape index (κ3) is 2.72. The minimum Gasteiger partial charge on any atom is -0.305 e. The summed E-state index contributed by atoms with van der Waals surface area (Å²) >= 11 is 11.5. The van der Waals surface area contributed by atoms with Gasteiger partial charge >= 0.3 is 0 Å². The molecule has 2 aromatic rings. The predicted octanol–water partition coefficient (Wildman–Crippen LogP) is 2.57. The molecule has 0 radical (unpaired) electrons. The molecule has 0 unspecified atom stereocenters. The Labute approximate surface area is 111 Å². The van der Waals surface area contributed by atoms with Gasteiger partial charge in [0.25, 0.3) is 5.91 Å². The van der Waals surface area contributed by atoms with Gasteiger partial charge < -0.3 is 5.32 Å². The van der Waals surface area contributed by atoms with Crippen LogP contribution in [0.4, 0.5) is 10.2 Å². The molecule has 0 fully saturated rings. The van der Waals surface area contributed by atoms with E-state index in [1.165, 1.54) is 6.07 Å². The summed E-state index contributed by atoms with van der Waals surface area (Å²) in [6.45, 7) is 0. The van der Waals surface area contributed by atoms with Crippen molar-refractivity contribution in [2.75, 3.05) is 5.32 Å². The van der Waals surface area contributed by atoms with Crippen molar-refractivity contribution in [2.24, 2.45) is 0 Å². The molecule has 0 saturated carbocycles. The topological polar surface area (TPSA) is 67.8 Å². The van der Waals surface area contributed by atoms with E-state index in [1.807, 2.05) is 0 Å². The summed E-state index contributed by atoms with van der Waals surface area (Å²) in [6, 6.07) is 2.36. The van der Waals surface area contributed by atoms with Crippen molar-refractivity contribution in [1.82, 2.24) is 15.0 Å². The zero-order valence-electron chi connectivity index (χ0n) is 8.69. The van der Waals surface area contributed by atoms with Gasteiger partial charge in [-0.1, -0.05) is 23.2 Å². The molecular weight excluding hydrogens is 282 g/mol. The highest BCUT2D eigenvalue weighted by molar-refractivity contribution is 6.43. The Kier molecular flexibility index (Phi) is 3.69. The molecule has 0 atom stereocenters. The molecular formula is C10H5Cl2FN4O. The number of carbonyl (C=O) groups excluding carboxylic acids is 1. The maximum Gasteiger partial charge on any atom is 0.258 e. The lowest BCUT2D eigenvalue weighted by Crippen LogP contribution is -2.14. The molecule has 2 aromatic heterocycles. The Balaban J connectivity index is 2.21. The van der Waals surface area contributed by atoms with Gasteiger partial charge in [0.05, 0.1) is 5.56 Å². The van der Waals surface area contributed by atoms with Crippen molar-refractivity contribution in [2.45, 2.75) is 0 Å². The second-order valence-corrected chi connectivity index (χ2v) is 3.89. The van der Waals surface area contributed by atoms with Gasteiger partial charge in [-0.05, 0) is 12.1 Å². The SMILES string of the molecule is O=C(Nc1ncnc(Cl)c1Cl)c1ccc(F)nc1. The molecule has 1 amide bonds. The van der Waals surface area contributed by atoms with E-state index in [4.69, 9.17) is 23.2 Å². The van der Waals surface area contributed by atoms with Crippen LogP contribution in [0.1, 0.15) is 10.4 Å². The van der Waals surface area contributed by atoms with Crippen molar-refractivity contribution in [3.63, 3.8) is 0 Å². The fraction of sp³-hybridized carbons (Fsp3) is 0. The van der Waals surface area contributed by atoms with Gasteiger partial charge in [0.15, 0.2) is 11.0 Å². The summed E-state index contributed by atoms with van der Waals surface area (Å²) in [5, 5.41) is 2.48. The van der Waals surface area contributed by atoms with E-state index in [0.29, 0.717) is 0 Å². The molecule has 0 aliphatic carbocycles. The highest BCUT2D eigenvalue weighted by atomic mass is 35.5. The van der Waals surface area contributed by atoms with Crippen LogP contribution in [0.5, 0.6) is 0 Å². The number of nitrogens with zero attached hydrogens (tertiary/aromatic N) is 3. The largest absolute Gasteiger partial charge is 0.305 e. The molecule has 1 N–H and O–H groups in total. The second-order valence-electron chi connectivity index (χ2n) is 3.15. The lowest BCUT2D eigenvalue weighted by Gasteiger charge is -2.05. The molecule has 2 heterocycles. The van der Waals surface area contributed by atoms with Crippen molar-refractivity contribution in [3.8, 4) is 0 Å². The zero-order valence-corrected chi connectivity index (χ0v) is 10.2. The second kappa shape index (κ2) is 5.24. The molecule has 92 valence electrons. The summed E-state index contributed by atoms with van der Waals surface area (Å²) in [7, 11) is 0. The summed E-state index contributed by atoms with van der Waals surface area (Å²) in [5.74, 6) is -1.13. The van der Waals surface area contributed by atoms with E-state index in [-0.39, 0.29) is 21.6 Å². The van der Waals surface area contributed by atoms with Gasteiger partial charge in [0.2, 0.25) is 5.95 Å². The lowest BCUT2D eigenvalue weighted by atomic mass is 10.2. The molecule has 0 aliphatic rings. The minimum atomic E-state index is -0.672. The van der Waals surface area contributed by atoms with E-state index in [2.05, 4.69) is 20.3 Å². The van der Waals surface area contributed by atoms with E-state index in [9.17, 15) is 9.18 Å². The summed E-state index contributed by atoms with van der Waals surface area (Å²) in [5.41, 5.74) is 0.169. The van der Waals surface area contributed by atoms with E-state index >= 15 is 0 Å². The third-order valence-corrected chi connectivity index (χ3v) is 2.71. The van der Waals surface area contributed by atoms with Gasteiger partial charge in [0, 0.05) is 6.20 Å². The maximum absolute atomic E-state index is 12.6. The summed E-state index contributed by atoms with van der Waals surface area (Å²) in [6.07, 6.45) is 2.26. The van der Waals surface area contributed by atoms with Gasteiger partial charge in [-0.3, -0.25) is 4.79 Å². The van der Waals surface area contributed by atoms with Gasteiger partial charge in [-0.2, -0.15) is 4.39 Å². The first-order valence-electron chi connectivity index (χ1n) is 4.67. The Morgan fingerprint density at radius 1 is 1.22 bits per heavy atom. The standard InChI is InChI=1S/C10H5Cl2FN4O/c11-7-8(12)15-4-16-9(7)17-10(18)5-1-2-6(13)14-3-5/h1-4H,(H,15,16,17,18). The van der Waals surface area contributed by atoms with Crippen LogP contribution in [0.3, 0.4) is 0 Å². The molecule has 0 spiro atoms. The highest BCUT2D eigenvalue weighted by Gasteiger charge is 2.12. The van der Waals surface area contributed by atoms with Crippen LogP contribution in [0.2, 0.25) is 10.2 Å². The molecule has 0 aliphatic heterocycles. The van der Waals surface area contributed by atoms with Crippen LogP contribution in [-0.2, 0) is 0 Å². The van der Waals surface area contributed by atoms with E-state index in [1.54, 1.807) is 0 Å². The predicted molar refractivity (Wildman–Crippen MR) is 64.2 cm³/mol. The first-order chi connectivity index (χ1) is 8.58. The molecule has 0 saturated heterocycles. The van der Waals surface area contributed by atoms with Crippen molar-refractivity contribution < 1.29 is 9.18 Å². The number of aromatic nitrogens is 3. The average molecular weight is 287 g/mol. The lowest BCUT2D eigenvalue weighted by molar-refractivity contribution is 0.102. The number of nitrogens with one attached hydrogen (secondary N) is 1. The molecule has 8 heteroatoms. The summed E-state index contributed by atoms with van der Waals surface area (Å²) < 4.78 is 12.6. The number of carbonyl (C=O) groups is 1. The van der Waals surface area contributed by atoms with Crippen molar-refractivity contribution in [3.05, 3.63) is 46.3 Å². The van der Waals surface area contributed by atoms with Crippen molar-refractivity contribution in [1.29, 1.82) is 0 Å². The Morgan fingerprint density at radius 3 is 2.67 bits per heavy atom. The van der Waals surface area contributed by atoms with Gasteiger partial charge in [-0.25, -0.2) is 15.0 Å². The fourth-order valence-electron chi connectivity index (χ4n) is 1.13. The van der Waals surface area contributed by atoms with Crippen LogP contribution >= 0.6 is 23.2 Å². The smallest absolute Gasteiger partial charge is 0.258 e. The number of hydrogen-bond acceptors (Lipinski definition) is 4. The molecule has 5 nitrogen and oxygen atoms in total. The number of halogens is 3. The number of pyridine rings is 1. The van der Waals surface area contributed by atoms with E-state index < -0.39 is 11.9 Å². The quantitative estimate of drug-likeness (QED) is 0.681. The normalized spacial score (nSPS) is 10.2. The minimum absolute atomic E-state index is 0.0270. The zero-order chi connectivity index (χ0) is 13.1. The molecule has 0 aromatic carbocycles. The number of anilines is 1. The van der Waals surface area contributed by atoms with Crippen LogP contribution in [0.25, 0.3) is 0 Å². The van der Waals surface area contributed by atoms with Crippen LogP contribution in [0.15, 0.2) is 24.7 Å².